The predicted molar refractivity (Wildman–Crippen MR) is 112 cm³/mol. The molecule has 1 heterocycles. The molecule has 152 valence electrons. The van der Waals surface area contributed by atoms with Crippen LogP contribution in [-0.4, -0.2) is 52.4 Å². The number of ether oxygens (including phenoxy) is 1. The number of phenolic OH excluding ortho intramolecular Hbond substituents is 1. The van der Waals surface area contributed by atoms with Crippen molar-refractivity contribution in [3.05, 3.63) is 35.6 Å². The van der Waals surface area contributed by atoms with E-state index < -0.39 is 0 Å². The number of nitrogens with zero attached hydrogens (tertiary/aromatic N) is 3. The van der Waals surface area contributed by atoms with Crippen molar-refractivity contribution < 1.29 is 14.6 Å². The number of carbonyl (C=O) groups is 1. The lowest BCUT2D eigenvalue weighted by Crippen LogP contribution is -2.21. The minimum atomic E-state index is -0.282. The minimum absolute atomic E-state index is 0.130. The molecule has 1 aromatic carbocycles. The van der Waals surface area contributed by atoms with Crippen LogP contribution in [-0.2, 0) is 4.74 Å². The zero-order chi connectivity index (χ0) is 20.7. The fraction of sp³-hybridized carbons (Fsp3) is 0.421. The molecule has 2 rings (SSSR count). The summed E-state index contributed by atoms with van der Waals surface area (Å²) in [5.74, 6) is 1.96. The minimum Gasteiger partial charge on any atom is -0.505 e. The van der Waals surface area contributed by atoms with Crippen LogP contribution in [0.4, 0.5) is 17.3 Å². The maximum absolute atomic E-state index is 12.2. The number of methoxy groups -OCH3 is 1. The van der Waals surface area contributed by atoms with E-state index in [-0.39, 0.29) is 17.2 Å². The van der Waals surface area contributed by atoms with E-state index in [2.05, 4.69) is 33.2 Å². The molecule has 28 heavy (non-hydrogen) atoms. The molecule has 1 amide bonds. The maximum Gasteiger partial charge on any atom is 0.257 e. The zero-order valence-electron chi connectivity index (χ0n) is 16.8. The van der Waals surface area contributed by atoms with E-state index in [1.807, 2.05) is 6.08 Å². The van der Waals surface area contributed by atoms with Gasteiger partial charge in [0.25, 0.3) is 5.91 Å². The molecule has 8 nitrogen and oxygen atoms in total. The Hall–Kier alpha value is -2.81. The lowest BCUT2D eigenvalue weighted by atomic mass is 10.1. The third kappa shape index (κ3) is 5.59. The third-order valence-corrected chi connectivity index (χ3v) is 4.45. The van der Waals surface area contributed by atoms with Gasteiger partial charge in [-0.05, 0) is 30.5 Å². The first-order chi connectivity index (χ1) is 13.3. The van der Waals surface area contributed by atoms with E-state index in [4.69, 9.17) is 4.74 Å². The van der Waals surface area contributed by atoms with Crippen LogP contribution in [0.3, 0.4) is 0 Å². The third-order valence-electron chi connectivity index (χ3n) is 3.92. The molecule has 1 aromatic heterocycles. The van der Waals surface area contributed by atoms with Crippen LogP contribution in [0.5, 0.6) is 5.75 Å². The molecule has 0 saturated heterocycles. The molecule has 0 spiro atoms. The molecule has 0 aliphatic heterocycles. The monoisotopic (exact) mass is 405 g/mol. The first-order valence-electron chi connectivity index (χ1n) is 8.93. The molecule has 0 atom stereocenters. The van der Waals surface area contributed by atoms with Gasteiger partial charge in [0.2, 0.25) is 0 Å². The number of hydrogen-bond donors (Lipinski definition) is 3. The standard InChI is InChI=1S/C19H27N5O3S/c1-12(2)9-10-13(27-5)11-20-17-18(23-28-22-17)21-15-8-6-7-14(16(15)25)19(26)24(3)4/h6-8,10,12,25H,9,11H2,1-5H3,(H,20,22)(H,21,23)/b13-10-. The maximum atomic E-state index is 12.2. The normalized spacial score (nSPS) is 11.4. The molecule has 0 bridgehead atoms. The van der Waals surface area contributed by atoms with E-state index in [1.54, 1.807) is 39.4 Å². The van der Waals surface area contributed by atoms with Crippen LogP contribution in [0.25, 0.3) is 0 Å². The van der Waals surface area contributed by atoms with E-state index >= 15 is 0 Å². The summed E-state index contributed by atoms with van der Waals surface area (Å²) in [5, 5.41) is 16.7. The zero-order valence-corrected chi connectivity index (χ0v) is 17.6. The molecule has 0 unspecified atom stereocenters. The van der Waals surface area contributed by atoms with Gasteiger partial charge in [0.05, 0.1) is 36.6 Å². The van der Waals surface area contributed by atoms with Crippen LogP contribution in [0.15, 0.2) is 30.0 Å². The average molecular weight is 406 g/mol. The Labute approximate surface area is 169 Å². The van der Waals surface area contributed by atoms with Crippen LogP contribution >= 0.6 is 11.7 Å². The summed E-state index contributed by atoms with van der Waals surface area (Å²) in [6, 6.07) is 4.95. The van der Waals surface area contributed by atoms with Crippen molar-refractivity contribution in [3.8, 4) is 5.75 Å². The van der Waals surface area contributed by atoms with Gasteiger partial charge in [0.15, 0.2) is 17.4 Å². The predicted octanol–water partition coefficient (Wildman–Crippen LogP) is 3.68. The number of phenols is 1. The van der Waals surface area contributed by atoms with Crippen molar-refractivity contribution in [2.75, 3.05) is 38.4 Å². The topological polar surface area (TPSA) is 99.6 Å². The molecule has 3 N–H and O–H groups in total. The summed E-state index contributed by atoms with van der Waals surface area (Å²) >= 11 is 1.04. The highest BCUT2D eigenvalue weighted by Gasteiger charge is 2.17. The summed E-state index contributed by atoms with van der Waals surface area (Å²) < 4.78 is 13.9. The molecule has 0 saturated carbocycles. The number of anilines is 3. The van der Waals surface area contributed by atoms with E-state index in [0.29, 0.717) is 29.8 Å². The van der Waals surface area contributed by atoms with Gasteiger partial charge in [-0.1, -0.05) is 19.9 Å². The summed E-state index contributed by atoms with van der Waals surface area (Å²) in [5.41, 5.74) is 0.594. The largest absolute Gasteiger partial charge is 0.505 e. The Bertz CT molecular complexity index is 833. The summed E-state index contributed by atoms with van der Waals surface area (Å²) in [7, 11) is 4.90. The molecule has 0 radical (unpaired) electrons. The Balaban J connectivity index is 2.14. The Morgan fingerprint density at radius 1 is 1.32 bits per heavy atom. The van der Waals surface area contributed by atoms with Crippen LogP contribution in [0.1, 0.15) is 30.6 Å². The van der Waals surface area contributed by atoms with Gasteiger partial charge in [0.1, 0.15) is 5.76 Å². The number of benzene rings is 1. The molecular weight excluding hydrogens is 378 g/mol. The number of aromatic nitrogens is 2. The highest BCUT2D eigenvalue weighted by molar-refractivity contribution is 6.99. The van der Waals surface area contributed by atoms with Gasteiger partial charge in [-0.25, -0.2) is 0 Å². The van der Waals surface area contributed by atoms with E-state index in [0.717, 1.165) is 23.9 Å². The second-order valence-corrected chi connectivity index (χ2v) is 7.37. The average Bonchev–Trinajstić information content (AvgIpc) is 3.09. The summed E-state index contributed by atoms with van der Waals surface area (Å²) in [4.78, 5) is 13.6. The molecule has 0 aliphatic rings. The van der Waals surface area contributed by atoms with E-state index in [9.17, 15) is 9.90 Å². The molecule has 9 heteroatoms. The number of nitrogens with one attached hydrogen (secondary N) is 2. The van der Waals surface area contributed by atoms with Crippen molar-refractivity contribution in [3.63, 3.8) is 0 Å². The number of rotatable bonds is 9. The van der Waals surface area contributed by atoms with Crippen molar-refractivity contribution in [2.45, 2.75) is 20.3 Å². The second kappa shape index (κ2) is 9.93. The van der Waals surface area contributed by atoms with Crippen molar-refractivity contribution >= 4 is 35.0 Å². The number of para-hydroxylation sites is 1. The number of aromatic hydroxyl groups is 1. The summed E-state index contributed by atoms with van der Waals surface area (Å²) in [6.45, 7) is 4.75. The highest BCUT2D eigenvalue weighted by Crippen LogP contribution is 2.32. The second-order valence-electron chi connectivity index (χ2n) is 6.85. The van der Waals surface area contributed by atoms with Crippen LogP contribution < -0.4 is 10.6 Å². The van der Waals surface area contributed by atoms with Gasteiger partial charge in [-0.2, -0.15) is 8.75 Å². The van der Waals surface area contributed by atoms with Crippen molar-refractivity contribution in [2.24, 2.45) is 5.92 Å². The molecular formula is C19H27N5O3S. The van der Waals surface area contributed by atoms with Gasteiger partial charge >= 0.3 is 0 Å². The van der Waals surface area contributed by atoms with Gasteiger partial charge in [0, 0.05) is 14.1 Å². The van der Waals surface area contributed by atoms with Gasteiger partial charge < -0.3 is 25.4 Å². The SMILES string of the molecule is CO/C(=C\CC(C)C)CNc1nsnc1Nc1cccc(C(=O)N(C)C)c1O. The lowest BCUT2D eigenvalue weighted by Gasteiger charge is -2.14. The van der Waals surface area contributed by atoms with Crippen LogP contribution in [0.2, 0.25) is 0 Å². The van der Waals surface area contributed by atoms with Crippen molar-refractivity contribution in [1.82, 2.24) is 13.6 Å². The summed E-state index contributed by atoms with van der Waals surface area (Å²) in [6.07, 6.45) is 2.97. The smallest absolute Gasteiger partial charge is 0.257 e. The number of carbonyl (C=O) groups excluding carboxylic acids is 1. The first kappa shape index (κ1) is 21.5. The van der Waals surface area contributed by atoms with Crippen LogP contribution in [0, 0.1) is 5.92 Å². The Morgan fingerprint density at radius 2 is 2.04 bits per heavy atom. The Kier molecular flexibility index (Phi) is 7.62. The van der Waals surface area contributed by atoms with Crippen molar-refractivity contribution in [1.29, 1.82) is 0 Å². The fourth-order valence-corrected chi connectivity index (χ4v) is 2.82. The van der Waals surface area contributed by atoms with Gasteiger partial charge in [-0.15, -0.1) is 0 Å². The highest BCUT2D eigenvalue weighted by atomic mass is 32.1. The molecule has 0 fully saturated rings. The quantitative estimate of drug-likeness (QED) is 0.432. The number of amides is 1. The first-order valence-corrected chi connectivity index (χ1v) is 9.66. The molecule has 2 aromatic rings. The fourth-order valence-electron chi connectivity index (χ4n) is 2.34. The van der Waals surface area contributed by atoms with Gasteiger partial charge in [-0.3, -0.25) is 4.79 Å². The lowest BCUT2D eigenvalue weighted by molar-refractivity contribution is 0.0824. The van der Waals surface area contributed by atoms with E-state index in [1.165, 1.54) is 4.90 Å². The Morgan fingerprint density at radius 3 is 2.68 bits per heavy atom. The number of allylic oxidation sites excluding steroid dienone is 1. The molecule has 0 aliphatic carbocycles. The number of hydrogen-bond acceptors (Lipinski definition) is 8.